The minimum atomic E-state index is -0.532. The van der Waals surface area contributed by atoms with Crippen LogP contribution >= 0.6 is 0 Å². The molecule has 0 fully saturated rings. The topological polar surface area (TPSA) is 69.2 Å². The summed E-state index contributed by atoms with van der Waals surface area (Å²) in [6.07, 6.45) is 1.47. The highest BCUT2D eigenvalue weighted by molar-refractivity contribution is 5.83. The van der Waals surface area contributed by atoms with E-state index in [1.165, 1.54) is 18.3 Å². The molecule has 3 rings (SSSR count). The summed E-state index contributed by atoms with van der Waals surface area (Å²) in [5, 5.41) is 3.90. The van der Waals surface area contributed by atoms with Gasteiger partial charge in [-0.1, -0.05) is 42.5 Å². The first-order chi connectivity index (χ1) is 14.7. The lowest BCUT2D eigenvalue weighted by molar-refractivity contribution is -0.123. The number of carbonyl (C=O) groups excluding carboxylic acids is 1. The molecule has 0 aliphatic carbocycles. The Hall–Kier alpha value is -3.87. The first kappa shape index (κ1) is 20.9. The molecule has 0 heterocycles. The summed E-state index contributed by atoms with van der Waals surface area (Å²) < 4.78 is 29.8. The zero-order valence-corrected chi connectivity index (χ0v) is 16.4. The SMILES string of the molecule is COc1ccc(/C=N\NC(=O)COc2ccccc2F)cc1OCc1ccccc1. The fourth-order valence-electron chi connectivity index (χ4n) is 2.54. The van der Waals surface area contributed by atoms with E-state index in [0.717, 1.165) is 5.56 Å². The Morgan fingerprint density at radius 2 is 1.73 bits per heavy atom. The first-order valence-corrected chi connectivity index (χ1v) is 9.19. The molecular formula is C23H21FN2O4. The van der Waals surface area contributed by atoms with Crippen LogP contribution in [0.2, 0.25) is 0 Å². The van der Waals surface area contributed by atoms with Crippen molar-refractivity contribution in [3.8, 4) is 17.2 Å². The van der Waals surface area contributed by atoms with Crippen molar-refractivity contribution < 1.29 is 23.4 Å². The van der Waals surface area contributed by atoms with E-state index >= 15 is 0 Å². The number of carbonyl (C=O) groups is 1. The summed E-state index contributed by atoms with van der Waals surface area (Å²) in [5.41, 5.74) is 4.07. The molecule has 0 bridgehead atoms. The van der Waals surface area contributed by atoms with Crippen LogP contribution in [0.5, 0.6) is 17.2 Å². The van der Waals surface area contributed by atoms with Crippen molar-refractivity contribution in [1.29, 1.82) is 0 Å². The van der Waals surface area contributed by atoms with Crippen LogP contribution in [-0.2, 0) is 11.4 Å². The quantitative estimate of drug-likeness (QED) is 0.430. The maximum absolute atomic E-state index is 13.5. The summed E-state index contributed by atoms with van der Waals surface area (Å²) in [6.45, 7) is 0.0360. The number of methoxy groups -OCH3 is 1. The highest BCUT2D eigenvalue weighted by Crippen LogP contribution is 2.28. The number of para-hydroxylation sites is 1. The normalized spacial score (nSPS) is 10.6. The van der Waals surface area contributed by atoms with E-state index in [2.05, 4.69) is 10.5 Å². The lowest BCUT2D eigenvalue weighted by Gasteiger charge is -2.11. The molecule has 0 aliphatic rings. The van der Waals surface area contributed by atoms with Gasteiger partial charge in [0.2, 0.25) is 0 Å². The number of amides is 1. The number of hydrogen-bond acceptors (Lipinski definition) is 5. The summed E-state index contributed by atoms with van der Waals surface area (Å²) in [6, 6.07) is 20.9. The van der Waals surface area contributed by atoms with E-state index in [1.54, 1.807) is 37.4 Å². The highest BCUT2D eigenvalue weighted by Gasteiger charge is 2.07. The molecule has 0 radical (unpaired) electrons. The Morgan fingerprint density at radius 3 is 2.50 bits per heavy atom. The predicted octanol–water partition coefficient (Wildman–Crippen LogP) is 3.94. The van der Waals surface area contributed by atoms with Gasteiger partial charge in [-0.2, -0.15) is 5.10 Å². The average molecular weight is 408 g/mol. The number of rotatable bonds is 9. The molecule has 0 spiro atoms. The Balaban J connectivity index is 1.55. The molecule has 0 aromatic heterocycles. The molecule has 6 nitrogen and oxygen atoms in total. The number of hydrogen-bond donors (Lipinski definition) is 1. The number of hydrazone groups is 1. The maximum Gasteiger partial charge on any atom is 0.277 e. The monoisotopic (exact) mass is 408 g/mol. The summed E-state index contributed by atoms with van der Waals surface area (Å²) in [5.74, 6) is 0.107. The summed E-state index contributed by atoms with van der Waals surface area (Å²) in [7, 11) is 1.56. The molecule has 3 aromatic rings. The minimum absolute atomic E-state index is 0.00647. The van der Waals surface area contributed by atoms with Crippen molar-refractivity contribution >= 4 is 12.1 Å². The molecule has 0 saturated carbocycles. The van der Waals surface area contributed by atoms with Crippen molar-refractivity contribution in [2.45, 2.75) is 6.61 Å². The Bertz CT molecular complexity index is 1010. The van der Waals surface area contributed by atoms with Crippen molar-refractivity contribution in [2.24, 2.45) is 5.10 Å². The molecule has 7 heteroatoms. The lowest BCUT2D eigenvalue weighted by atomic mass is 10.2. The van der Waals surface area contributed by atoms with Gasteiger partial charge in [0.25, 0.3) is 5.91 Å². The van der Waals surface area contributed by atoms with Crippen LogP contribution < -0.4 is 19.6 Å². The van der Waals surface area contributed by atoms with Crippen molar-refractivity contribution in [3.63, 3.8) is 0 Å². The number of nitrogens with zero attached hydrogens (tertiary/aromatic N) is 1. The predicted molar refractivity (Wildman–Crippen MR) is 111 cm³/mol. The zero-order valence-electron chi connectivity index (χ0n) is 16.4. The number of nitrogens with one attached hydrogen (secondary N) is 1. The van der Waals surface area contributed by atoms with Gasteiger partial charge in [0.1, 0.15) is 6.61 Å². The van der Waals surface area contributed by atoms with Crippen LogP contribution in [0, 0.1) is 5.82 Å². The lowest BCUT2D eigenvalue weighted by Crippen LogP contribution is -2.24. The highest BCUT2D eigenvalue weighted by atomic mass is 19.1. The van der Waals surface area contributed by atoms with Gasteiger partial charge in [0, 0.05) is 0 Å². The van der Waals surface area contributed by atoms with E-state index in [1.807, 2.05) is 30.3 Å². The third kappa shape index (κ3) is 6.07. The fourth-order valence-corrected chi connectivity index (χ4v) is 2.54. The maximum atomic E-state index is 13.5. The van der Waals surface area contributed by atoms with Gasteiger partial charge in [-0.15, -0.1) is 0 Å². The van der Waals surface area contributed by atoms with E-state index in [-0.39, 0.29) is 12.4 Å². The molecule has 0 atom stereocenters. The largest absolute Gasteiger partial charge is 0.493 e. The molecule has 1 amide bonds. The second-order valence-electron chi connectivity index (χ2n) is 6.20. The standard InChI is InChI=1S/C23H21FN2O4/c1-28-21-12-11-18(13-22(21)29-15-17-7-3-2-4-8-17)14-25-26-23(27)16-30-20-10-6-5-9-19(20)24/h2-14H,15-16H2,1H3,(H,26,27)/b25-14-. The van der Waals surface area contributed by atoms with Crippen molar-refractivity contribution in [1.82, 2.24) is 5.43 Å². The number of halogens is 1. The van der Waals surface area contributed by atoms with Gasteiger partial charge < -0.3 is 14.2 Å². The van der Waals surface area contributed by atoms with Crippen LogP contribution in [0.15, 0.2) is 77.9 Å². The molecule has 0 aliphatic heterocycles. The summed E-state index contributed by atoms with van der Waals surface area (Å²) >= 11 is 0. The second kappa shape index (κ2) is 10.6. The van der Waals surface area contributed by atoms with Gasteiger partial charge in [-0.25, -0.2) is 9.82 Å². The average Bonchev–Trinajstić information content (AvgIpc) is 2.78. The molecule has 0 unspecified atom stereocenters. The smallest absolute Gasteiger partial charge is 0.277 e. The molecule has 154 valence electrons. The van der Waals surface area contributed by atoms with Crippen molar-refractivity contribution in [2.75, 3.05) is 13.7 Å². The Labute approximate surface area is 173 Å². The molecule has 30 heavy (non-hydrogen) atoms. The van der Waals surface area contributed by atoms with Gasteiger partial charge in [0.05, 0.1) is 13.3 Å². The number of benzene rings is 3. The first-order valence-electron chi connectivity index (χ1n) is 9.19. The van der Waals surface area contributed by atoms with E-state index < -0.39 is 11.7 Å². The van der Waals surface area contributed by atoms with E-state index in [0.29, 0.717) is 23.7 Å². The Kier molecular flexibility index (Phi) is 7.38. The van der Waals surface area contributed by atoms with Gasteiger partial charge in [-0.05, 0) is 41.5 Å². The van der Waals surface area contributed by atoms with Gasteiger partial charge in [0.15, 0.2) is 29.7 Å². The van der Waals surface area contributed by atoms with E-state index in [4.69, 9.17) is 14.2 Å². The van der Waals surface area contributed by atoms with Crippen LogP contribution in [0.3, 0.4) is 0 Å². The van der Waals surface area contributed by atoms with Crippen molar-refractivity contribution in [3.05, 3.63) is 89.7 Å². The van der Waals surface area contributed by atoms with E-state index in [9.17, 15) is 9.18 Å². The fraction of sp³-hybridized carbons (Fsp3) is 0.130. The minimum Gasteiger partial charge on any atom is -0.493 e. The van der Waals surface area contributed by atoms with Gasteiger partial charge >= 0.3 is 0 Å². The second-order valence-corrected chi connectivity index (χ2v) is 6.20. The zero-order chi connectivity index (χ0) is 21.2. The van der Waals surface area contributed by atoms with Gasteiger partial charge in [-0.3, -0.25) is 4.79 Å². The van der Waals surface area contributed by atoms with Crippen LogP contribution in [0.1, 0.15) is 11.1 Å². The molecule has 3 aromatic carbocycles. The Morgan fingerprint density at radius 1 is 0.967 bits per heavy atom. The molecule has 0 saturated heterocycles. The van der Waals surface area contributed by atoms with Crippen LogP contribution in [0.25, 0.3) is 0 Å². The third-order valence-electron chi connectivity index (χ3n) is 4.02. The van der Waals surface area contributed by atoms with Crippen LogP contribution in [-0.4, -0.2) is 25.8 Å². The molecular weight excluding hydrogens is 387 g/mol. The van der Waals surface area contributed by atoms with Crippen LogP contribution in [0.4, 0.5) is 4.39 Å². The summed E-state index contributed by atoms with van der Waals surface area (Å²) in [4.78, 5) is 11.8. The number of ether oxygens (including phenoxy) is 3. The molecule has 1 N–H and O–H groups in total. The third-order valence-corrected chi connectivity index (χ3v) is 4.02.